The first kappa shape index (κ1) is 3.53. The van der Waals surface area contributed by atoms with E-state index >= 15 is 0 Å². The van der Waals surface area contributed by atoms with Crippen molar-refractivity contribution in [2.45, 2.75) is 13.0 Å². The lowest BCUT2D eigenvalue weighted by Gasteiger charge is -1.81. The van der Waals surface area contributed by atoms with E-state index in [1.807, 2.05) is 6.92 Å². The molecule has 0 saturated heterocycles. The largest absolute Gasteiger partial charge is 0.265 e. The normalized spacial score (nSPS) is 29.2. The van der Waals surface area contributed by atoms with Gasteiger partial charge in [0.1, 0.15) is 6.34 Å². The quantitative estimate of drug-likeness (QED) is 0.406. The zero-order valence-corrected chi connectivity index (χ0v) is 3.63. The molecule has 0 saturated carbocycles. The van der Waals surface area contributed by atoms with Crippen molar-refractivity contribution in [3.8, 4) is 0 Å². The monoisotopic (exact) mass is 82.1 g/mol. The van der Waals surface area contributed by atoms with E-state index in [9.17, 15) is 0 Å². The highest BCUT2D eigenvalue weighted by molar-refractivity contribution is 5.81. The Bertz CT molecular complexity index is 81.7. The third kappa shape index (κ3) is 0.455. The Balaban J connectivity index is 2.60. The molecule has 0 aromatic rings. The minimum atomic E-state index is 0.324. The third-order valence-electron chi connectivity index (χ3n) is 0.670. The molecular weight excluding hydrogens is 76.1 g/mol. The van der Waals surface area contributed by atoms with Crippen molar-refractivity contribution in [2.75, 3.05) is 0 Å². The molecule has 1 atom stereocenters. The summed E-state index contributed by atoms with van der Waals surface area (Å²) >= 11 is 0. The lowest BCUT2D eigenvalue weighted by atomic mass is 10.4. The predicted molar refractivity (Wildman–Crippen MR) is 26.4 cm³/mol. The molecule has 0 amide bonds. The van der Waals surface area contributed by atoms with Crippen LogP contribution in [0.4, 0.5) is 0 Å². The first-order chi connectivity index (χ1) is 2.89. The van der Waals surface area contributed by atoms with Crippen LogP contribution in [0.25, 0.3) is 0 Å². The maximum atomic E-state index is 3.89. The highest BCUT2D eigenvalue weighted by Crippen LogP contribution is 1.87. The van der Waals surface area contributed by atoms with Crippen LogP contribution in [0.2, 0.25) is 0 Å². The van der Waals surface area contributed by atoms with Crippen LogP contribution < -0.4 is 0 Å². The summed E-state index contributed by atoms with van der Waals surface area (Å²) in [4.78, 5) is 7.64. The molecule has 1 unspecified atom stereocenters. The van der Waals surface area contributed by atoms with Gasteiger partial charge in [0.2, 0.25) is 0 Å². The van der Waals surface area contributed by atoms with Gasteiger partial charge in [-0.15, -0.1) is 0 Å². The zero-order chi connectivity index (χ0) is 4.41. The van der Waals surface area contributed by atoms with Gasteiger partial charge in [0.05, 0.1) is 6.04 Å². The summed E-state index contributed by atoms with van der Waals surface area (Å²) in [5.41, 5.74) is 0. The van der Waals surface area contributed by atoms with Gasteiger partial charge in [-0.25, -0.2) is 4.99 Å². The zero-order valence-electron chi connectivity index (χ0n) is 3.63. The Kier molecular flexibility index (Phi) is 0.708. The first-order valence-electron chi connectivity index (χ1n) is 1.94. The van der Waals surface area contributed by atoms with Crippen LogP contribution >= 0.6 is 0 Å². The van der Waals surface area contributed by atoms with Crippen LogP contribution in [0.1, 0.15) is 6.92 Å². The molecule has 0 bridgehead atoms. The number of aliphatic imine (C=N–C) groups is 2. The van der Waals surface area contributed by atoms with Crippen LogP contribution in [0.15, 0.2) is 9.98 Å². The predicted octanol–water partition coefficient (Wildman–Crippen LogP) is 0.488. The molecule has 0 spiro atoms. The summed E-state index contributed by atoms with van der Waals surface area (Å²) in [6.07, 6.45) is 3.38. The lowest BCUT2D eigenvalue weighted by molar-refractivity contribution is 1.02. The molecule has 0 fully saturated rings. The van der Waals surface area contributed by atoms with Gasteiger partial charge in [-0.2, -0.15) is 0 Å². The minimum Gasteiger partial charge on any atom is -0.265 e. The summed E-state index contributed by atoms with van der Waals surface area (Å²) in [6, 6.07) is 0.324. The van der Waals surface area contributed by atoms with Gasteiger partial charge >= 0.3 is 0 Å². The number of rotatable bonds is 0. The molecule has 0 radical (unpaired) electrons. The average Bonchev–Trinajstić information content (AvgIpc) is 1.86. The van der Waals surface area contributed by atoms with Crippen molar-refractivity contribution in [1.82, 2.24) is 0 Å². The second kappa shape index (κ2) is 1.20. The van der Waals surface area contributed by atoms with Gasteiger partial charge in [0.25, 0.3) is 0 Å². The molecule has 0 aliphatic carbocycles. The van der Waals surface area contributed by atoms with Crippen molar-refractivity contribution < 1.29 is 0 Å². The van der Waals surface area contributed by atoms with E-state index in [0.29, 0.717) is 6.04 Å². The van der Waals surface area contributed by atoms with Crippen LogP contribution in [-0.2, 0) is 0 Å². The fraction of sp³-hybridized carbons (Fsp3) is 0.500. The van der Waals surface area contributed by atoms with E-state index in [0.717, 1.165) is 0 Å². The number of hydrogen-bond acceptors (Lipinski definition) is 2. The molecule has 1 aliphatic rings. The Hall–Kier alpha value is -0.660. The van der Waals surface area contributed by atoms with E-state index in [-0.39, 0.29) is 0 Å². The van der Waals surface area contributed by atoms with E-state index in [4.69, 9.17) is 0 Å². The Labute approximate surface area is 36.6 Å². The van der Waals surface area contributed by atoms with Gasteiger partial charge in [0.15, 0.2) is 0 Å². The van der Waals surface area contributed by atoms with Crippen LogP contribution in [0, 0.1) is 0 Å². The maximum absolute atomic E-state index is 3.89. The molecular formula is C4H6N2. The smallest absolute Gasteiger partial charge is 0.110 e. The van der Waals surface area contributed by atoms with E-state index in [2.05, 4.69) is 9.98 Å². The molecule has 32 valence electrons. The van der Waals surface area contributed by atoms with Crippen molar-refractivity contribution in [3.05, 3.63) is 0 Å². The molecule has 0 N–H and O–H groups in total. The summed E-state index contributed by atoms with van der Waals surface area (Å²) in [5.74, 6) is 0. The van der Waals surface area contributed by atoms with E-state index < -0.39 is 0 Å². The molecule has 1 rings (SSSR count). The lowest BCUT2D eigenvalue weighted by Crippen LogP contribution is -1.90. The van der Waals surface area contributed by atoms with Crippen LogP contribution in [-0.4, -0.2) is 18.6 Å². The standard InChI is InChI=1S/C4H6N2/c1-4-2-5-3-6-4/h2-4H,1H3. The van der Waals surface area contributed by atoms with E-state index in [1.54, 1.807) is 12.6 Å². The van der Waals surface area contributed by atoms with E-state index in [1.165, 1.54) is 0 Å². The fourth-order valence-electron chi connectivity index (χ4n) is 0.345. The highest BCUT2D eigenvalue weighted by Gasteiger charge is 1.92. The van der Waals surface area contributed by atoms with Gasteiger partial charge in [-0.1, -0.05) is 0 Å². The Morgan fingerprint density at radius 3 is 2.67 bits per heavy atom. The highest BCUT2D eigenvalue weighted by atomic mass is 14.9. The third-order valence-corrected chi connectivity index (χ3v) is 0.670. The van der Waals surface area contributed by atoms with Gasteiger partial charge < -0.3 is 0 Å². The molecule has 6 heavy (non-hydrogen) atoms. The van der Waals surface area contributed by atoms with Crippen molar-refractivity contribution in [3.63, 3.8) is 0 Å². The number of nitrogens with zero attached hydrogens (tertiary/aromatic N) is 2. The summed E-state index contributed by atoms with van der Waals surface area (Å²) in [6.45, 7) is 1.99. The summed E-state index contributed by atoms with van der Waals surface area (Å²) in [5, 5.41) is 0. The maximum Gasteiger partial charge on any atom is 0.110 e. The molecule has 0 aromatic carbocycles. The molecule has 2 heteroatoms. The second-order valence-corrected chi connectivity index (χ2v) is 1.30. The second-order valence-electron chi connectivity index (χ2n) is 1.30. The summed E-state index contributed by atoms with van der Waals surface area (Å²) < 4.78 is 0. The van der Waals surface area contributed by atoms with Gasteiger partial charge in [0, 0.05) is 6.21 Å². The van der Waals surface area contributed by atoms with Gasteiger partial charge in [-0.05, 0) is 6.92 Å². The van der Waals surface area contributed by atoms with Crippen LogP contribution in [0.5, 0.6) is 0 Å². The Morgan fingerprint density at radius 1 is 1.67 bits per heavy atom. The Morgan fingerprint density at radius 2 is 2.50 bits per heavy atom. The topological polar surface area (TPSA) is 24.7 Å². The molecule has 2 nitrogen and oxygen atoms in total. The van der Waals surface area contributed by atoms with Crippen LogP contribution in [0.3, 0.4) is 0 Å². The van der Waals surface area contributed by atoms with Crippen molar-refractivity contribution in [1.29, 1.82) is 0 Å². The number of hydrogen-bond donors (Lipinski definition) is 0. The average molecular weight is 82.1 g/mol. The van der Waals surface area contributed by atoms with Gasteiger partial charge in [-0.3, -0.25) is 4.99 Å². The first-order valence-corrected chi connectivity index (χ1v) is 1.94. The minimum absolute atomic E-state index is 0.324. The SMILES string of the molecule is CC1C=NC=N1. The molecule has 1 heterocycles. The molecule has 1 aliphatic heterocycles. The summed E-state index contributed by atoms with van der Waals surface area (Å²) in [7, 11) is 0. The van der Waals surface area contributed by atoms with Crippen molar-refractivity contribution in [2.24, 2.45) is 9.98 Å². The molecule has 0 aromatic heterocycles. The van der Waals surface area contributed by atoms with Crippen molar-refractivity contribution >= 4 is 12.6 Å². The fourth-order valence-corrected chi connectivity index (χ4v) is 0.345.